The van der Waals surface area contributed by atoms with E-state index in [-0.39, 0.29) is 12.1 Å². The smallest absolute Gasteiger partial charge is 0.204 e. The van der Waals surface area contributed by atoms with Gasteiger partial charge in [0, 0.05) is 23.2 Å². The van der Waals surface area contributed by atoms with Gasteiger partial charge in [0.15, 0.2) is 34.5 Å². The molecule has 0 saturated carbocycles. The Morgan fingerprint density at radius 3 is 2.11 bits per heavy atom. The monoisotopic (exact) mass is 594 g/mol. The molecule has 0 aliphatic carbocycles. The fourth-order valence-electron chi connectivity index (χ4n) is 6.82. The van der Waals surface area contributed by atoms with E-state index in [1.54, 1.807) is 28.4 Å². The largest absolute Gasteiger partial charge is 0.493 e. The predicted octanol–water partition coefficient (Wildman–Crippen LogP) is 6.48. The van der Waals surface area contributed by atoms with Crippen molar-refractivity contribution >= 4 is 0 Å². The van der Waals surface area contributed by atoms with Crippen LogP contribution in [0.25, 0.3) is 0 Å². The number of para-hydroxylation sites is 1. The summed E-state index contributed by atoms with van der Waals surface area (Å²) < 4.78 is 37.0. The summed E-state index contributed by atoms with van der Waals surface area (Å²) in [4.78, 5) is 0. The average molecular weight is 595 g/mol. The van der Waals surface area contributed by atoms with Gasteiger partial charge in [-0.25, -0.2) is 0 Å². The second-order valence-corrected chi connectivity index (χ2v) is 11.4. The summed E-state index contributed by atoms with van der Waals surface area (Å²) in [6.07, 6.45) is 3.20. The number of methoxy groups -OCH3 is 4. The van der Waals surface area contributed by atoms with Crippen molar-refractivity contribution in [1.29, 1.82) is 0 Å². The second kappa shape index (κ2) is 11.9. The molecule has 0 amide bonds. The predicted molar refractivity (Wildman–Crippen MR) is 168 cm³/mol. The van der Waals surface area contributed by atoms with Gasteiger partial charge in [-0.15, -0.1) is 0 Å². The topological polar surface area (TPSA) is 79.4 Å². The Kier molecular flexibility index (Phi) is 7.70. The molecular formula is C36H38N2O6. The molecule has 2 atom stereocenters. The summed E-state index contributed by atoms with van der Waals surface area (Å²) in [5.74, 6) is 5.29. The normalized spacial score (nSPS) is 18.5. The highest BCUT2D eigenvalue weighted by molar-refractivity contribution is 5.64. The van der Waals surface area contributed by atoms with Crippen LogP contribution in [0.3, 0.4) is 0 Å². The van der Waals surface area contributed by atoms with Crippen molar-refractivity contribution in [3.63, 3.8) is 0 Å². The van der Waals surface area contributed by atoms with Crippen LogP contribution in [0.1, 0.15) is 45.5 Å². The molecule has 4 aliphatic heterocycles. The SMILES string of the molecule is COc1cc2c3cc1Oc1c(OC)c(OC)cc4c1[C@H](Cc1cccc(OC)c1Oc1ccc(cc1)C[C@@H]3NCC2)NCC4. The van der Waals surface area contributed by atoms with E-state index in [1.807, 2.05) is 24.3 Å². The number of nitrogens with one attached hydrogen (secondary N) is 2. The van der Waals surface area contributed by atoms with Crippen LogP contribution in [0.5, 0.6) is 46.0 Å². The summed E-state index contributed by atoms with van der Waals surface area (Å²) in [6.45, 7) is 1.70. The molecule has 44 heavy (non-hydrogen) atoms. The van der Waals surface area contributed by atoms with Crippen molar-refractivity contribution in [2.24, 2.45) is 0 Å². The van der Waals surface area contributed by atoms with Crippen molar-refractivity contribution in [3.05, 3.63) is 94.0 Å². The lowest BCUT2D eigenvalue weighted by Gasteiger charge is -2.32. The van der Waals surface area contributed by atoms with Crippen LogP contribution in [-0.2, 0) is 25.7 Å². The van der Waals surface area contributed by atoms with Gasteiger partial charge < -0.3 is 39.1 Å². The quantitative estimate of drug-likeness (QED) is 0.278. The maximum Gasteiger partial charge on any atom is 0.204 e. The van der Waals surface area contributed by atoms with Crippen LogP contribution in [0, 0.1) is 0 Å². The molecule has 0 saturated heterocycles. The number of ether oxygens (including phenoxy) is 6. The highest BCUT2D eigenvalue weighted by Gasteiger charge is 2.32. The Morgan fingerprint density at radius 1 is 0.636 bits per heavy atom. The molecule has 8 nitrogen and oxygen atoms in total. The van der Waals surface area contributed by atoms with E-state index in [0.29, 0.717) is 46.7 Å². The van der Waals surface area contributed by atoms with Gasteiger partial charge in [-0.1, -0.05) is 24.3 Å². The van der Waals surface area contributed by atoms with E-state index < -0.39 is 0 Å². The fraction of sp³-hybridized carbons (Fsp3) is 0.333. The van der Waals surface area contributed by atoms with E-state index in [9.17, 15) is 0 Å². The zero-order chi connectivity index (χ0) is 30.2. The van der Waals surface area contributed by atoms with Gasteiger partial charge in [-0.05, 0) is 97.4 Å². The molecule has 0 fully saturated rings. The Labute approximate surface area is 258 Å². The van der Waals surface area contributed by atoms with E-state index in [1.165, 1.54) is 16.7 Å². The average Bonchev–Trinajstić information content (AvgIpc) is 3.05. The first-order valence-electron chi connectivity index (χ1n) is 15.2. The van der Waals surface area contributed by atoms with Crippen LogP contribution in [0.15, 0.2) is 60.7 Å². The Balaban J connectivity index is 1.47. The fourth-order valence-corrected chi connectivity index (χ4v) is 6.82. The zero-order valence-electron chi connectivity index (χ0n) is 25.6. The highest BCUT2D eigenvalue weighted by atomic mass is 16.5. The third-order valence-electron chi connectivity index (χ3n) is 8.97. The lowest BCUT2D eigenvalue weighted by atomic mass is 9.88. The molecule has 2 N–H and O–H groups in total. The Morgan fingerprint density at radius 2 is 1.36 bits per heavy atom. The third-order valence-corrected chi connectivity index (χ3v) is 8.97. The van der Waals surface area contributed by atoms with Gasteiger partial charge in [-0.2, -0.15) is 0 Å². The van der Waals surface area contributed by atoms with E-state index in [4.69, 9.17) is 28.4 Å². The maximum atomic E-state index is 6.93. The Bertz CT molecular complexity index is 1690. The van der Waals surface area contributed by atoms with E-state index in [2.05, 4.69) is 47.0 Å². The van der Waals surface area contributed by atoms with Crippen molar-refractivity contribution in [1.82, 2.24) is 10.6 Å². The number of rotatable bonds is 4. The number of fused-ring (bicyclic) bond motifs is 2. The van der Waals surface area contributed by atoms with Crippen molar-refractivity contribution in [2.75, 3.05) is 41.5 Å². The number of hydrogen-bond acceptors (Lipinski definition) is 8. The number of benzene rings is 4. The molecule has 4 bridgehead atoms. The molecule has 4 aromatic carbocycles. The van der Waals surface area contributed by atoms with Gasteiger partial charge in [0.2, 0.25) is 5.75 Å². The molecule has 228 valence electrons. The van der Waals surface area contributed by atoms with Gasteiger partial charge in [-0.3, -0.25) is 0 Å². The molecule has 4 aromatic rings. The number of hydrogen-bond donors (Lipinski definition) is 2. The minimum absolute atomic E-state index is 0.0980. The molecule has 0 radical (unpaired) electrons. The summed E-state index contributed by atoms with van der Waals surface area (Å²) in [5, 5.41) is 7.48. The molecule has 8 heteroatoms. The van der Waals surface area contributed by atoms with Crippen molar-refractivity contribution in [2.45, 2.75) is 37.8 Å². The van der Waals surface area contributed by atoms with Crippen LogP contribution in [0.2, 0.25) is 0 Å². The van der Waals surface area contributed by atoms with Gasteiger partial charge in [0.05, 0.1) is 28.4 Å². The van der Waals surface area contributed by atoms with Gasteiger partial charge in [0.1, 0.15) is 5.75 Å². The van der Waals surface area contributed by atoms with E-state index >= 15 is 0 Å². The van der Waals surface area contributed by atoms with Crippen molar-refractivity contribution in [3.8, 4) is 46.0 Å². The molecule has 0 unspecified atom stereocenters. The van der Waals surface area contributed by atoms with Crippen LogP contribution in [0.4, 0.5) is 0 Å². The highest BCUT2D eigenvalue weighted by Crippen LogP contribution is 2.51. The first-order valence-corrected chi connectivity index (χ1v) is 15.2. The Hall–Kier alpha value is -4.40. The summed E-state index contributed by atoms with van der Waals surface area (Å²) in [7, 11) is 6.68. The van der Waals surface area contributed by atoms with Gasteiger partial charge in [0.25, 0.3) is 0 Å². The lowest BCUT2D eigenvalue weighted by molar-refractivity contribution is 0.321. The van der Waals surface area contributed by atoms with Crippen LogP contribution < -0.4 is 39.1 Å². The van der Waals surface area contributed by atoms with Crippen LogP contribution >= 0.6 is 0 Å². The first-order chi connectivity index (χ1) is 21.6. The molecule has 0 aromatic heterocycles. The third kappa shape index (κ3) is 5.08. The minimum Gasteiger partial charge on any atom is -0.493 e. The van der Waals surface area contributed by atoms with Gasteiger partial charge >= 0.3 is 0 Å². The van der Waals surface area contributed by atoms with E-state index in [0.717, 1.165) is 54.8 Å². The summed E-state index contributed by atoms with van der Waals surface area (Å²) >= 11 is 0. The summed E-state index contributed by atoms with van der Waals surface area (Å²) in [5.41, 5.74) is 6.88. The molecule has 0 spiro atoms. The first kappa shape index (κ1) is 28.4. The van der Waals surface area contributed by atoms with Crippen LogP contribution in [-0.4, -0.2) is 41.5 Å². The molecule has 4 aliphatic rings. The molecular weight excluding hydrogens is 556 g/mol. The lowest BCUT2D eigenvalue weighted by Crippen LogP contribution is -2.32. The summed E-state index contributed by atoms with van der Waals surface area (Å²) in [6, 6.07) is 20.8. The second-order valence-electron chi connectivity index (χ2n) is 11.4. The molecule has 4 heterocycles. The standard InChI is InChI=1S/C36H38N2O6/c1-39-29-7-5-6-24-17-28-33-23(13-15-38-28)19-32(41-3)35(42-4)36(33)44-31-20-26-22(18-30(31)40-2)12-14-37-27(26)16-21-8-10-25(11-9-21)43-34(24)29/h5-11,18-20,27-28,37-38H,12-17H2,1-4H3/t27-,28-/m0/s1. The molecule has 8 rings (SSSR count). The van der Waals surface area contributed by atoms with Crippen molar-refractivity contribution < 1.29 is 28.4 Å². The maximum absolute atomic E-state index is 6.93. The zero-order valence-corrected chi connectivity index (χ0v) is 25.6. The minimum atomic E-state index is -0.0980.